The van der Waals surface area contributed by atoms with E-state index in [2.05, 4.69) is 10.6 Å². The number of anilines is 2. The number of carbonyl (C=O) groups is 1. The molecule has 116 valence electrons. The van der Waals surface area contributed by atoms with Crippen LogP contribution in [0.15, 0.2) is 48.5 Å². The van der Waals surface area contributed by atoms with Gasteiger partial charge in [0, 0.05) is 29.4 Å². The van der Waals surface area contributed by atoms with E-state index < -0.39 is 0 Å². The third-order valence-corrected chi connectivity index (χ3v) is 3.35. The molecule has 2 rings (SSSR count). The first-order valence-electron chi connectivity index (χ1n) is 7.37. The highest BCUT2D eigenvalue weighted by atomic mass is 16.5. The maximum Gasteiger partial charge on any atom is 0.226 e. The summed E-state index contributed by atoms with van der Waals surface area (Å²) in [5.41, 5.74) is 2.90. The average Bonchev–Trinajstić information content (AvgIpc) is 2.54. The highest BCUT2D eigenvalue weighted by molar-refractivity contribution is 5.92. The molecule has 4 heteroatoms. The first kappa shape index (κ1) is 15.9. The van der Waals surface area contributed by atoms with Gasteiger partial charge in [-0.3, -0.25) is 4.79 Å². The van der Waals surface area contributed by atoms with Crippen LogP contribution in [0, 0.1) is 5.92 Å². The van der Waals surface area contributed by atoms with E-state index in [1.54, 1.807) is 7.11 Å². The molecule has 0 saturated carbocycles. The van der Waals surface area contributed by atoms with E-state index in [-0.39, 0.29) is 11.8 Å². The quantitative estimate of drug-likeness (QED) is 0.850. The second kappa shape index (κ2) is 7.50. The van der Waals surface area contributed by atoms with Gasteiger partial charge in [-0.15, -0.1) is 0 Å². The number of nitrogens with one attached hydrogen (secondary N) is 2. The number of benzene rings is 2. The summed E-state index contributed by atoms with van der Waals surface area (Å²) in [6, 6.07) is 15.6. The molecule has 22 heavy (non-hydrogen) atoms. The summed E-state index contributed by atoms with van der Waals surface area (Å²) in [6.07, 6.45) is 0. The Morgan fingerprint density at radius 1 is 1.05 bits per heavy atom. The van der Waals surface area contributed by atoms with Gasteiger partial charge in [0.25, 0.3) is 0 Å². The molecular weight excluding hydrogens is 276 g/mol. The number of para-hydroxylation sites is 1. The predicted octanol–water partition coefficient (Wildman–Crippen LogP) is 3.90. The van der Waals surface area contributed by atoms with Crippen molar-refractivity contribution in [2.75, 3.05) is 17.7 Å². The largest absolute Gasteiger partial charge is 0.496 e. The minimum Gasteiger partial charge on any atom is -0.496 e. The topological polar surface area (TPSA) is 50.4 Å². The zero-order valence-electron chi connectivity index (χ0n) is 13.2. The van der Waals surface area contributed by atoms with Crippen LogP contribution in [0.25, 0.3) is 0 Å². The van der Waals surface area contributed by atoms with Crippen LogP contribution in [0.1, 0.15) is 19.4 Å². The highest BCUT2D eigenvalue weighted by Gasteiger charge is 2.06. The van der Waals surface area contributed by atoms with Crippen LogP contribution in [0.3, 0.4) is 0 Å². The lowest BCUT2D eigenvalue weighted by Crippen LogP contribution is -2.17. The molecule has 0 heterocycles. The predicted molar refractivity (Wildman–Crippen MR) is 90.2 cm³/mol. The van der Waals surface area contributed by atoms with Gasteiger partial charge in [0.1, 0.15) is 5.75 Å². The minimum atomic E-state index is -0.0247. The Balaban J connectivity index is 1.95. The van der Waals surface area contributed by atoms with Crippen molar-refractivity contribution in [3.05, 3.63) is 54.1 Å². The molecule has 0 aliphatic heterocycles. The van der Waals surface area contributed by atoms with Crippen molar-refractivity contribution in [1.29, 1.82) is 0 Å². The van der Waals surface area contributed by atoms with Gasteiger partial charge in [-0.1, -0.05) is 32.0 Å². The minimum absolute atomic E-state index is 0.0229. The van der Waals surface area contributed by atoms with E-state index in [9.17, 15) is 4.79 Å². The van der Waals surface area contributed by atoms with Gasteiger partial charge in [0.15, 0.2) is 0 Å². The third kappa shape index (κ3) is 4.25. The van der Waals surface area contributed by atoms with E-state index in [0.29, 0.717) is 6.54 Å². The molecule has 0 aromatic heterocycles. The second-order valence-electron chi connectivity index (χ2n) is 5.39. The van der Waals surface area contributed by atoms with E-state index in [0.717, 1.165) is 22.7 Å². The smallest absolute Gasteiger partial charge is 0.226 e. The molecule has 1 amide bonds. The number of methoxy groups -OCH3 is 1. The molecule has 4 nitrogen and oxygen atoms in total. The zero-order valence-corrected chi connectivity index (χ0v) is 13.2. The van der Waals surface area contributed by atoms with Gasteiger partial charge in [0.05, 0.1) is 7.11 Å². The number of ether oxygens (including phenoxy) is 1. The Morgan fingerprint density at radius 2 is 1.68 bits per heavy atom. The molecule has 0 fully saturated rings. The zero-order chi connectivity index (χ0) is 15.9. The molecule has 0 aliphatic carbocycles. The monoisotopic (exact) mass is 298 g/mol. The van der Waals surface area contributed by atoms with Crippen LogP contribution in [0.4, 0.5) is 11.4 Å². The molecule has 0 bridgehead atoms. The number of carbonyl (C=O) groups excluding carboxylic acids is 1. The Hall–Kier alpha value is -2.49. The fourth-order valence-corrected chi connectivity index (χ4v) is 2.00. The normalized spacial score (nSPS) is 10.4. The Morgan fingerprint density at radius 3 is 2.32 bits per heavy atom. The lowest BCUT2D eigenvalue weighted by molar-refractivity contribution is -0.118. The summed E-state index contributed by atoms with van der Waals surface area (Å²) in [6.45, 7) is 4.43. The fraction of sp³-hybridized carbons (Fsp3) is 0.278. The molecule has 2 aromatic rings. The van der Waals surface area contributed by atoms with Gasteiger partial charge in [-0.25, -0.2) is 0 Å². The van der Waals surface area contributed by atoms with E-state index in [4.69, 9.17) is 4.74 Å². The van der Waals surface area contributed by atoms with Crippen LogP contribution >= 0.6 is 0 Å². The first-order chi connectivity index (χ1) is 10.6. The molecule has 0 saturated heterocycles. The first-order valence-corrected chi connectivity index (χ1v) is 7.37. The van der Waals surface area contributed by atoms with Crippen molar-refractivity contribution < 1.29 is 9.53 Å². The molecule has 2 aromatic carbocycles. The van der Waals surface area contributed by atoms with E-state index >= 15 is 0 Å². The van der Waals surface area contributed by atoms with Crippen LogP contribution in [0.5, 0.6) is 5.75 Å². The summed E-state index contributed by atoms with van der Waals surface area (Å²) in [5, 5.41) is 6.22. The maximum atomic E-state index is 11.6. The van der Waals surface area contributed by atoms with Gasteiger partial charge < -0.3 is 15.4 Å². The second-order valence-corrected chi connectivity index (χ2v) is 5.39. The number of hydrogen-bond donors (Lipinski definition) is 2. The lowest BCUT2D eigenvalue weighted by atomic mass is 10.2. The molecule has 2 N–H and O–H groups in total. The maximum absolute atomic E-state index is 11.6. The van der Waals surface area contributed by atoms with Crippen molar-refractivity contribution in [1.82, 2.24) is 0 Å². The van der Waals surface area contributed by atoms with Gasteiger partial charge >= 0.3 is 0 Å². The SMILES string of the molecule is COc1ccccc1CNc1ccc(NC(=O)C(C)C)cc1. The van der Waals surface area contributed by atoms with Crippen LogP contribution in [0.2, 0.25) is 0 Å². The Kier molecular flexibility index (Phi) is 5.42. The molecule has 0 aliphatic rings. The van der Waals surface area contributed by atoms with Crippen LogP contribution in [-0.4, -0.2) is 13.0 Å². The molecule has 0 radical (unpaired) electrons. The average molecular weight is 298 g/mol. The Bertz CT molecular complexity index is 621. The van der Waals surface area contributed by atoms with Crippen molar-refractivity contribution in [3.8, 4) is 5.75 Å². The van der Waals surface area contributed by atoms with Crippen molar-refractivity contribution in [2.45, 2.75) is 20.4 Å². The molecule has 0 spiro atoms. The summed E-state index contributed by atoms with van der Waals surface area (Å²) in [4.78, 5) is 11.6. The molecular formula is C18H22N2O2. The highest BCUT2D eigenvalue weighted by Crippen LogP contribution is 2.20. The fourth-order valence-electron chi connectivity index (χ4n) is 2.00. The Labute approximate surface area is 131 Å². The summed E-state index contributed by atoms with van der Waals surface area (Å²) >= 11 is 0. The summed E-state index contributed by atoms with van der Waals surface area (Å²) in [5.74, 6) is 0.869. The molecule has 0 unspecified atom stereocenters. The van der Waals surface area contributed by atoms with Gasteiger partial charge in [0.2, 0.25) is 5.91 Å². The van der Waals surface area contributed by atoms with Gasteiger partial charge in [-0.05, 0) is 30.3 Å². The van der Waals surface area contributed by atoms with Crippen molar-refractivity contribution in [3.63, 3.8) is 0 Å². The summed E-state index contributed by atoms with van der Waals surface area (Å²) in [7, 11) is 1.67. The van der Waals surface area contributed by atoms with Crippen molar-refractivity contribution >= 4 is 17.3 Å². The van der Waals surface area contributed by atoms with Crippen LogP contribution < -0.4 is 15.4 Å². The van der Waals surface area contributed by atoms with Gasteiger partial charge in [-0.2, -0.15) is 0 Å². The molecule has 0 atom stereocenters. The van der Waals surface area contributed by atoms with E-state index in [1.165, 1.54) is 0 Å². The summed E-state index contributed by atoms with van der Waals surface area (Å²) < 4.78 is 5.33. The van der Waals surface area contributed by atoms with E-state index in [1.807, 2.05) is 62.4 Å². The lowest BCUT2D eigenvalue weighted by Gasteiger charge is -2.11. The number of hydrogen-bond acceptors (Lipinski definition) is 3. The number of amides is 1. The number of rotatable bonds is 6. The van der Waals surface area contributed by atoms with Crippen LogP contribution in [-0.2, 0) is 11.3 Å². The standard InChI is InChI=1S/C18H22N2O2/c1-13(2)18(21)20-16-10-8-15(9-11-16)19-12-14-6-4-5-7-17(14)22-3/h4-11,13,19H,12H2,1-3H3,(H,20,21). The van der Waals surface area contributed by atoms with Crippen molar-refractivity contribution in [2.24, 2.45) is 5.92 Å². The third-order valence-electron chi connectivity index (χ3n) is 3.35.